The second kappa shape index (κ2) is 15.1. The van der Waals surface area contributed by atoms with Gasteiger partial charge in [0.05, 0.1) is 59.6 Å². The number of nitrogens with one attached hydrogen (secondary N) is 2. The highest BCUT2D eigenvalue weighted by Crippen LogP contribution is 2.40. The molecule has 11 nitrogen and oxygen atoms in total. The summed E-state index contributed by atoms with van der Waals surface area (Å²) in [5.41, 5.74) is 3.15. The van der Waals surface area contributed by atoms with Crippen LogP contribution >= 0.6 is 23.2 Å². The smallest absolute Gasteiger partial charge is 0.247 e. The molecule has 0 spiro atoms. The number of morpholine rings is 1. The van der Waals surface area contributed by atoms with E-state index in [9.17, 15) is 4.79 Å². The van der Waals surface area contributed by atoms with Gasteiger partial charge in [0.1, 0.15) is 17.9 Å². The van der Waals surface area contributed by atoms with Gasteiger partial charge < -0.3 is 25.0 Å². The summed E-state index contributed by atoms with van der Waals surface area (Å²) >= 11 is 12.8. The molecule has 0 radical (unpaired) electrons. The maximum Gasteiger partial charge on any atom is 0.247 e. The van der Waals surface area contributed by atoms with Crippen LogP contribution in [0.5, 0.6) is 5.75 Å². The Labute approximate surface area is 285 Å². The van der Waals surface area contributed by atoms with Gasteiger partial charge in [-0.1, -0.05) is 41.9 Å². The van der Waals surface area contributed by atoms with Gasteiger partial charge in [0.25, 0.3) is 0 Å². The van der Waals surface area contributed by atoms with E-state index in [1.54, 1.807) is 18.2 Å². The minimum Gasteiger partial charge on any atom is -0.494 e. The lowest BCUT2D eigenvalue weighted by atomic mass is 10.0. The van der Waals surface area contributed by atoms with E-state index in [1.165, 1.54) is 12.4 Å². The van der Waals surface area contributed by atoms with Crippen LogP contribution in [0.2, 0.25) is 10.0 Å². The lowest BCUT2D eigenvalue weighted by Crippen LogP contribution is -2.51. The van der Waals surface area contributed by atoms with Crippen molar-refractivity contribution >= 4 is 57.8 Å². The highest BCUT2D eigenvalue weighted by atomic mass is 35.5. The summed E-state index contributed by atoms with van der Waals surface area (Å²) < 4.78 is 11.6. The predicted octanol–water partition coefficient (Wildman–Crippen LogP) is 6.10. The first-order chi connectivity index (χ1) is 22.8. The Morgan fingerprint density at radius 1 is 1.11 bits per heavy atom. The summed E-state index contributed by atoms with van der Waals surface area (Å²) in [5.74, 6) is 1.47. The fraction of sp³-hybridized carbons (Fsp3) is 0.441. The van der Waals surface area contributed by atoms with E-state index in [0.717, 1.165) is 63.3 Å². The van der Waals surface area contributed by atoms with Crippen molar-refractivity contribution in [1.29, 1.82) is 0 Å². The SMILES string of the molecule is C=CC(=O)Nc1cc(Nc2cc(N3OCC[C@@H]3Cc3cccc(Cl)c3Cl)ncn2)c(OC)cc1N1CCC(N2CCO[C@@H](C)C2)CC1. The van der Waals surface area contributed by atoms with E-state index in [-0.39, 0.29) is 18.1 Å². The molecule has 2 N–H and O–H groups in total. The van der Waals surface area contributed by atoms with Crippen molar-refractivity contribution in [2.45, 2.75) is 50.8 Å². The number of piperidine rings is 1. The van der Waals surface area contributed by atoms with Crippen LogP contribution in [0.1, 0.15) is 31.7 Å². The number of aromatic nitrogens is 2. The average molecular weight is 683 g/mol. The van der Waals surface area contributed by atoms with Gasteiger partial charge in [-0.2, -0.15) is 0 Å². The number of anilines is 5. The second-order valence-electron chi connectivity index (χ2n) is 12.1. The van der Waals surface area contributed by atoms with Gasteiger partial charge in [-0.05, 0) is 56.4 Å². The highest BCUT2D eigenvalue weighted by Gasteiger charge is 2.31. The number of amides is 1. The van der Waals surface area contributed by atoms with Crippen LogP contribution in [-0.2, 0) is 20.8 Å². The summed E-state index contributed by atoms with van der Waals surface area (Å²) in [6.45, 7) is 10.8. The third kappa shape index (κ3) is 7.76. The Balaban J connectivity index is 1.21. The summed E-state index contributed by atoms with van der Waals surface area (Å²) in [6, 6.07) is 11.8. The molecule has 0 bridgehead atoms. The van der Waals surface area contributed by atoms with E-state index >= 15 is 0 Å². The first kappa shape index (κ1) is 33.3. The molecule has 3 aromatic rings. The van der Waals surface area contributed by atoms with Crippen molar-refractivity contribution in [3.8, 4) is 5.75 Å². The van der Waals surface area contributed by atoms with Gasteiger partial charge in [0.2, 0.25) is 5.91 Å². The Morgan fingerprint density at radius 2 is 1.94 bits per heavy atom. The zero-order valence-electron chi connectivity index (χ0n) is 26.8. The van der Waals surface area contributed by atoms with Crippen molar-refractivity contribution < 1.29 is 19.1 Å². The van der Waals surface area contributed by atoms with Crippen LogP contribution < -0.4 is 25.3 Å². The topological polar surface area (TPSA) is 104 Å². The fourth-order valence-electron chi connectivity index (χ4n) is 6.61. The highest BCUT2D eigenvalue weighted by molar-refractivity contribution is 6.42. The van der Waals surface area contributed by atoms with Crippen LogP contribution in [0.3, 0.4) is 0 Å². The Hall–Kier alpha value is -3.61. The van der Waals surface area contributed by atoms with Crippen LogP contribution in [0.15, 0.2) is 55.4 Å². The van der Waals surface area contributed by atoms with Crippen LogP contribution in [0.4, 0.5) is 28.7 Å². The monoisotopic (exact) mass is 681 g/mol. The molecule has 3 fully saturated rings. The summed E-state index contributed by atoms with van der Waals surface area (Å²) in [4.78, 5) is 32.4. The maximum atomic E-state index is 12.5. The minimum atomic E-state index is -0.291. The van der Waals surface area contributed by atoms with E-state index in [4.69, 9.17) is 37.5 Å². The molecular weight excluding hydrogens is 641 g/mol. The van der Waals surface area contributed by atoms with E-state index < -0.39 is 0 Å². The molecule has 3 aliphatic rings. The Kier molecular flexibility index (Phi) is 10.7. The summed E-state index contributed by atoms with van der Waals surface area (Å²) in [6.07, 6.45) is 6.52. The normalized spacial score (nSPS) is 20.7. The van der Waals surface area contributed by atoms with Crippen LogP contribution in [0.25, 0.3) is 0 Å². The molecule has 4 heterocycles. The van der Waals surface area contributed by atoms with Crippen LogP contribution in [-0.4, -0.2) is 85.5 Å². The average Bonchev–Trinajstić information content (AvgIpc) is 3.55. The van der Waals surface area contributed by atoms with Crippen molar-refractivity contribution in [3.05, 3.63) is 71.0 Å². The molecule has 0 unspecified atom stereocenters. The van der Waals surface area contributed by atoms with E-state index in [0.29, 0.717) is 57.9 Å². The molecule has 1 amide bonds. The molecule has 3 saturated heterocycles. The zero-order chi connectivity index (χ0) is 32.9. The fourth-order valence-corrected chi connectivity index (χ4v) is 7.01. The number of ether oxygens (including phenoxy) is 2. The summed E-state index contributed by atoms with van der Waals surface area (Å²) in [7, 11) is 1.63. The molecule has 13 heteroatoms. The first-order valence-electron chi connectivity index (χ1n) is 16.0. The number of benzene rings is 2. The number of hydrogen-bond donors (Lipinski definition) is 2. The van der Waals surface area contributed by atoms with Gasteiger partial charge in [-0.15, -0.1) is 0 Å². The molecule has 1 aromatic heterocycles. The van der Waals surface area contributed by atoms with Gasteiger partial charge in [0, 0.05) is 44.4 Å². The number of nitrogens with zero attached hydrogens (tertiary/aromatic N) is 5. The number of carbonyl (C=O) groups excluding carboxylic acids is 1. The molecule has 2 aromatic carbocycles. The lowest BCUT2D eigenvalue weighted by Gasteiger charge is -2.42. The Bertz CT molecular complexity index is 1590. The molecule has 0 saturated carbocycles. The van der Waals surface area contributed by atoms with Crippen molar-refractivity contribution in [3.63, 3.8) is 0 Å². The molecular formula is C34H41Cl2N7O4. The largest absolute Gasteiger partial charge is 0.494 e. The summed E-state index contributed by atoms with van der Waals surface area (Å²) in [5, 5.41) is 9.27. The van der Waals surface area contributed by atoms with Gasteiger partial charge in [0.15, 0.2) is 5.82 Å². The minimum absolute atomic E-state index is 0.0130. The third-order valence-electron chi connectivity index (χ3n) is 9.00. The molecule has 3 aliphatic heterocycles. The van der Waals surface area contributed by atoms with Crippen molar-refractivity contribution in [2.75, 3.05) is 67.1 Å². The standard InChI is InChI=1S/C34H41Cl2N7O4/c1-4-33(44)40-27-17-28(30(45-3)18-29(27)41-11-8-24(9-12-41)42-13-15-46-22(2)20-42)39-31-19-32(38-21-37-31)43-25(10-14-47-43)16-23-6-5-7-26(35)34(23)36/h4-7,17-19,21-22,24-25H,1,8-16,20H2,2-3H3,(H,40,44)(H,37,38,39)/t22-,25+/m0/s1. The molecule has 47 heavy (non-hydrogen) atoms. The first-order valence-corrected chi connectivity index (χ1v) is 16.8. The number of hydrogen-bond acceptors (Lipinski definition) is 10. The van der Waals surface area contributed by atoms with Crippen molar-refractivity contribution in [2.24, 2.45) is 0 Å². The lowest BCUT2D eigenvalue weighted by molar-refractivity contribution is -0.111. The van der Waals surface area contributed by atoms with Gasteiger partial charge in [-0.3, -0.25) is 14.5 Å². The quantitative estimate of drug-likeness (QED) is 0.244. The molecule has 6 rings (SSSR count). The third-order valence-corrected chi connectivity index (χ3v) is 9.85. The van der Waals surface area contributed by atoms with Crippen molar-refractivity contribution in [1.82, 2.24) is 14.9 Å². The Morgan fingerprint density at radius 3 is 2.70 bits per heavy atom. The van der Waals surface area contributed by atoms with Gasteiger partial charge in [-0.25, -0.2) is 15.0 Å². The number of rotatable bonds is 10. The molecule has 0 aliphatic carbocycles. The van der Waals surface area contributed by atoms with E-state index in [1.807, 2.05) is 30.3 Å². The molecule has 250 valence electrons. The van der Waals surface area contributed by atoms with Crippen LogP contribution in [0, 0.1) is 0 Å². The second-order valence-corrected chi connectivity index (χ2v) is 12.8. The number of methoxy groups -OCH3 is 1. The zero-order valence-corrected chi connectivity index (χ0v) is 28.3. The maximum absolute atomic E-state index is 12.5. The van der Waals surface area contributed by atoms with Gasteiger partial charge >= 0.3 is 0 Å². The number of halogens is 2. The number of hydroxylamine groups is 1. The van der Waals surface area contributed by atoms with E-state index in [2.05, 4.69) is 43.9 Å². The predicted molar refractivity (Wildman–Crippen MR) is 186 cm³/mol. The molecule has 2 atom stereocenters. The number of carbonyl (C=O) groups is 1.